The smallest absolute Gasteiger partial charge is 0.277 e. The topological polar surface area (TPSA) is 59.2 Å². The molecule has 0 spiro atoms. The van der Waals surface area contributed by atoms with E-state index in [-0.39, 0.29) is 16.6 Å². The van der Waals surface area contributed by atoms with Crippen molar-refractivity contribution in [3.8, 4) is 11.5 Å². The lowest BCUT2D eigenvalue weighted by atomic mass is 9.87. The second-order valence-electron chi connectivity index (χ2n) is 7.49. The third kappa shape index (κ3) is 4.24. The molecule has 1 saturated heterocycles. The second-order valence-corrected chi connectivity index (χ2v) is 8.78. The fraction of sp³-hybridized carbons (Fsp3) is 0.526. The summed E-state index contributed by atoms with van der Waals surface area (Å²) in [7, 11) is 0. The number of rotatable bonds is 4. The highest BCUT2D eigenvalue weighted by Gasteiger charge is 2.25. The molecule has 0 aliphatic carbocycles. The van der Waals surface area contributed by atoms with Crippen molar-refractivity contribution in [3.05, 3.63) is 29.8 Å². The van der Waals surface area contributed by atoms with Gasteiger partial charge in [-0.1, -0.05) is 44.7 Å². The summed E-state index contributed by atoms with van der Waals surface area (Å²) in [4.78, 5) is 14.3. The summed E-state index contributed by atoms with van der Waals surface area (Å²) in [6.07, 6.45) is 2.19. The molecule has 1 aliphatic heterocycles. The van der Waals surface area contributed by atoms with E-state index in [4.69, 9.17) is 4.42 Å². The molecule has 25 heavy (non-hydrogen) atoms. The summed E-state index contributed by atoms with van der Waals surface area (Å²) < 4.78 is 5.75. The van der Waals surface area contributed by atoms with E-state index in [0.717, 1.165) is 31.5 Å². The van der Waals surface area contributed by atoms with E-state index in [2.05, 4.69) is 43.1 Å². The lowest BCUT2D eigenvalue weighted by Crippen LogP contribution is -2.34. The molecule has 1 aromatic heterocycles. The Labute approximate surface area is 153 Å². The Kier molecular flexibility index (Phi) is 5.18. The van der Waals surface area contributed by atoms with Crippen molar-refractivity contribution in [1.82, 2.24) is 15.1 Å². The van der Waals surface area contributed by atoms with Gasteiger partial charge < -0.3 is 9.32 Å². The van der Waals surface area contributed by atoms with Gasteiger partial charge in [0.05, 0.1) is 5.25 Å². The molecule has 134 valence electrons. The number of amides is 1. The normalized spacial score (nSPS) is 16.2. The molecule has 2 heterocycles. The average Bonchev–Trinajstić information content (AvgIpc) is 3.25. The van der Waals surface area contributed by atoms with Crippen LogP contribution in [0.15, 0.2) is 33.9 Å². The fourth-order valence-corrected chi connectivity index (χ4v) is 3.65. The van der Waals surface area contributed by atoms with Crippen LogP contribution < -0.4 is 0 Å². The Hall–Kier alpha value is -1.82. The Morgan fingerprint density at radius 3 is 2.40 bits per heavy atom. The molecule has 3 rings (SSSR count). The van der Waals surface area contributed by atoms with Gasteiger partial charge >= 0.3 is 0 Å². The fourth-order valence-electron chi connectivity index (χ4n) is 2.88. The van der Waals surface area contributed by atoms with E-state index in [1.165, 1.54) is 17.3 Å². The second kappa shape index (κ2) is 7.20. The van der Waals surface area contributed by atoms with Crippen molar-refractivity contribution in [3.63, 3.8) is 0 Å². The van der Waals surface area contributed by atoms with Crippen LogP contribution in [0.5, 0.6) is 0 Å². The van der Waals surface area contributed by atoms with Gasteiger partial charge in [-0.05, 0) is 42.9 Å². The summed E-state index contributed by atoms with van der Waals surface area (Å²) in [5.41, 5.74) is 2.26. The van der Waals surface area contributed by atoms with Crippen molar-refractivity contribution >= 4 is 17.7 Å². The van der Waals surface area contributed by atoms with Crippen molar-refractivity contribution in [1.29, 1.82) is 0 Å². The lowest BCUT2D eigenvalue weighted by Gasteiger charge is -2.18. The predicted octanol–water partition coefficient (Wildman–Crippen LogP) is 4.14. The van der Waals surface area contributed by atoms with Gasteiger partial charge in [0.25, 0.3) is 5.22 Å². The van der Waals surface area contributed by atoms with Crippen LogP contribution in [0.1, 0.15) is 46.1 Å². The van der Waals surface area contributed by atoms with Crippen molar-refractivity contribution in [2.75, 3.05) is 13.1 Å². The number of hydrogen-bond acceptors (Lipinski definition) is 5. The molecule has 0 bridgehead atoms. The summed E-state index contributed by atoms with van der Waals surface area (Å²) in [5, 5.41) is 8.44. The quantitative estimate of drug-likeness (QED) is 0.768. The van der Waals surface area contributed by atoms with Crippen LogP contribution in [-0.4, -0.2) is 39.3 Å². The molecule has 1 amide bonds. The van der Waals surface area contributed by atoms with E-state index in [1.54, 1.807) is 0 Å². The van der Waals surface area contributed by atoms with Crippen LogP contribution in [0, 0.1) is 0 Å². The molecule has 0 radical (unpaired) electrons. The highest BCUT2D eigenvalue weighted by Crippen LogP contribution is 2.29. The van der Waals surface area contributed by atoms with Crippen LogP contribution in [0.2, 0.25) is 0 Å². The molecule has 1 aromatic carbocycles. The molecule has 6 heteroatoms. The molecule has 5 nitrogen and oxygen atoms in total. The van der Waals surface area contributed by atoms with Gasteiger partial charge in [0, 0.05) is 18.7 Å². The number of benzene rings is 1. The molecule has 0 unspecified atom stereocenters. The molecule has 1 aliphatic rings. The molecule has 0 N–H and O–H groups in total. The number of aromatic nitrogens is 2. The van der Waals surface area contributed by atoms with E-state index in [9.17, 15) is 4.79 Å². The Morgan fingerprint density at radius 1 is 1.16 bits per heavy atom. The maximum atomic E-state index is 12.4. The minimum Gasteiger partial charge on any atom is -0.411 e. The first-order valence-electron chi connectivity index (χ1n) is 8.74. The van der Waals surface area contributed by atoms with Crippen LogP contribution in [-0.2, 0) is 10.2 Å². The van der Waals surface area contributed by atoms with Crippen LogP contribution in [0.25, 0.3) is 11.5 Å². The van der Waals surface area contributed by atoms with Gasteiger partial charge in [-0.2, -0.15) is 0 Å². The minimum atomic E-state index is -0.213. The molecule has 1 fully saturated rings. The highest BCUT2D eigenvalue weighted by molar-refractivity contribution is 8.00. The van der Waals surface area contributed by atoms with E-state index in [0.29, 0.717) is 11.1 Å². The van der Waals surface area contributed by atoms with Gasteiger partial charge in [-0.15, -0.1) is 10.2 Å². The first-order chi connectivity index (χ1) is 11.8. The Balaban J connectivity index is 1.66. The van der Waals surface area contributed by atoms with Crippen molar-refractivity contribution in [2.45, 2.75) is 56.4 Å². The number of thioether (sulfide) groups is 1. The van der Waals surface area contributed by atoms with Crippen LogP contribution >= 0.6 is 11.8 Å². The van der Waals surface area contributed by atoms with Gasteiger partial charge in [0.15, 0.2) is 0 Å². The van der Waals surface area contributed by atoms with Crippen molar-refractivity contribution < 1.29 is 9.21 Å². The summed E-state index contributed by atoms with van der Waals surface area (Å²) in [6.45, 7) is 10.2. The van der Waals surface area contributed by atoms with Crippen molar-refractivity contribution in [2.24, 2.45) is 0 Å². The zero-order chi connectivity index (χ0) is 18.0. The zero-order valence-electron chi connectivity index (χ0n) is 15.3. The number of carbonyl (C=O) groups is 1. The monoisotopic (exact) mass is 359 g/mol. The number of nitrogens with zero attached hydrogens (tertiary/aromatic N) is 3. The zero-order valence-corrected chi connectivity index (χ0v) is 16.1. The largest absolute Gasteiger partial charge is 0.411 e. The van der Waals surface area contributed by atoms with E-state index < -0.39 is 0 Å². The Morgan fingerprint density at radius 2 is 1.80 bits per heavy atom. The number of carbonyl (C=O) groups excluding carboxylic acids is 1. The highest BCUT2D eigenvalue weighted by atomic mass is 32.2. The van der Waals surface area contributed by atoms with Gasteiger partial charge in [-0.3, -0.25) is 4.79 Å². The van der Waals surface area contributed by atoms with Gasteiger partial charge in [0.2, 0.25) is 11.8 Å². The van der Waals surface area contributed by atoms with Gasteiger partial charge in [-0.25, -0.2) is 0 Å². The SMILES string of the molecule is C[C@@H](Sc1nnc(-c2ccc(C(C)(C)C)cc2)o1)C(=O)N1CCCC1. The van der Waals surface area contributed by atoms with E-state index >= 15 is 0 Å². The summed E-state index contributed by atoms with van der Waals surface area (Å²) in [5.74, 6) is 0.639. The third-order valence-corrected chi connectivity index (χ3v) is 5.37. The summed E-state index contributed by atoms with van der Waals surface area (Å²) >= 11 is 1.33. The molecule has 0 saturated carbocycles. The average molecular weight is 359 g/mol. The molecule has 1 atom stereocenters. The van der Waals surface area contributed by atoms with Crippen LogP contribution in [0.3, 0.4) is 0 Å². The molecular formula is C19H25N3O2S. The maximum absolute atomic E-state index is 12.4. The lowest BCUT2D eigenvalue weighted by molar-refractivity contribution is -0.129. The first-order valence-corrected chi connectivity index (χ1v) is 9.62. The number of likely N-dealkylation sites (tertiary alicyclic amines) is 1. The number of hydrogen-bond donors (Lipinski definition) is 0. The molecule has 2 aromatic rings. The Bertz CT molecular complexity index is 728. The standard InChI is InChI=1S/C19H25N3O2S/c1-13(17(23)22-11-5-6-12-22)25-18-21-20-16(24-18)14-7-9-15(10-8-14)19(2,3)4/h7-10,13H,5-6,11-12H2,1-4H3/t13-/m1/s1. The first kappa shape index (κ1) is 18.0. The minimum absolute atomic E-state index is 0.111. The molecular weight excluding hydrogens is 334 g/mol. The van der Waals surface area contributed by atoms with E-state index in [1.807, 2.05) is 24.0 Å². The van der Waals surface area contributed by atoms with Crippen LogP contribution in [0.4, 0.5) is 0 Å². The predicted molar refractivity (Wildman–Crippen MR) is 99.6 cm³/mol. The maximum Gasteiger partial charge on any atom is 0.277 e. The van der Waals surface area contributed by atoms with Gasteiger partial charge in [0.1, 0.15) is 0 Å². The third-order valence-electron chi connectivity index (χ3n) is 4.45. The summed E-state index contributed by atoms with van der Waals surface area (Å²) in [6, 6.07) is 8.18.